The average molecular weight is 915 g/mol. The Bertz CT molecular complexity index is 1070. The van der Waals surface area contributed by atoms with E-state index >= 15 is 0 Å². The normalized spacial score (nSPS) is 13.4. The van der Waals surface area contributed by atoms with Crippen LogP contribution in [0.15, 0.2) is 36.5 Å². The van der Waals surface area contributed by atoms with E-state index in [1.165, 1.54) is 193 Å². The van der Waals surface area contributed by atoms with Gasteiger partial charge in [0.2, 0.25) is 5.91 Å². The molecular formula is C59H111NO5. The monoisotopic (exact) mass is 914 g/mol. The Balaban J connectivity index is 4.48. The van der Waals surface area contributed by atoms with Crippen molar-refractivity contribution in [2.24, 2.45) is 0 Å². The molecule has 3 atom stereocenters. The minimum Gasteiger partial charge on any atom is -0.462 e. The second-order valence-electron chi connectivity index (χ2n) is 19.8. The first-order valence-corrected chi connectivity index (χ1v) is 28.7. The Morgan fingerprint density at radius 2 is 0.785 bits per heavy atom. The van der Waals surface area contributed by atoms with Crippen molar-refractivity contribution in [1.82, 2.24) is 5.32 Å². The summed E-state index contributed by atoms with van der Waals surface area (Å²) < 4.78 is 5.94. The molecule has 65 heavy (non-hydrogen) atoms. The van der Waals surface area contributed by atoms with Crippen LogP contribution >= 0.6 is 0 Å². The number of unbranched alkanes of at least 4 members (excludes halogenated alkanes) is 36. The summed E-state index contributed by atoms with van der Waals surface area (Å²) in [7, 11) is 0. The molecule has 382 valence electrons. The standard InChI is InChI=1S/C59H111NO5/c1-4-7-10-13-16-19-22-24-26-28-30-32-34-37-40-43-46-49-52-59(64)65-55(50-47-44-41-38-35-21-18-15-12-9-6-3)53-58(63)60-56(54-61)57(62)51-48-45-42-39-36-33-31-29-27-25-23-20-17-14-11-8-5-2/h22,24,26,28,30,32,55-57,61-62H,4-21,23,25,27,29,31,33-54H2,1-3H3,(H,60,63)/b24-22+,28-26+,32-30+. The van der Waals surface area contributed by atoms with Gasteiger partial charge in [-0.25, -0.2) is 0 Å². The second-order valence-corrected chi connectivity index (χ2v) is 19.8. The molecule has 0 fully saturated rings. The number of allylic oxidation sites excluding steroid dienone is 6. The number of aliphatic hydroxyl groups is 2. The predicted molar refractivity (Wildman–Crippen MR) is 282 cm³/mol. The second kappa shape index (κ2) is 53.0. The Hall–Kier alpha value is -1.92. The molecule has 0 saturated carbocycles. The summed E-state index contributed by atoms with van der Waals surface area (Å²) in [6, 6.07) is -0.703. The topological polar surface area (TPSA) is 95.9 Å². The summed E-state index contributed by atoms with van der Waals surface area (Å²) in [5, 5.41) is 23.9. The van der Waals surface area contributed by atoms with Gasteiger partial charge in [-0.1, -0.05) is 276 Å². The van der Waals surface area contributed by atoms with Crippen molar-refractivity contribution in [2.75, 3.05) is 6.61 Å². The number of aliphatic hydroxyl groups excluding tert-OH is 2. The van der Waals surface area contributed by atoms with Crippen LogP contribution in [0.25, 0.3) is 0 Å². The molecule has 3 N–H and O–H groups in total. The maximum atomic E-state index is 13.2. The van der Waals surface area contributed by atoms with Crippen LogP contribution in [0.2, 0.25) is 0 Å². The predicted octanol–water partition coefficient (Wildman–Crippen LogP) is 17.6. The number of esters is 1. The van der Waals surface area contributed by atoms with E-state index in [1.54, 1.807) is 0 Å². The van der Waals surface area contributed by atoms with Crippen LogP contribution in [0.4, 0.5) is 0 Å². The first-order chi connectivity index (χ1) is 32.0. The maximum Gasteiger partial charge on any atom is 0.306 e. The molecule has 0 aromatic carbocycles. The summed E-state index contributed by atoms with van der Waals surface area (Å²) in [6.45, 7) is 6.49. The maximum absolute atomic E-state index is 13.2. The summed E-state index contributed by atoms with van der Waals surface area (Å²) in [5.41, 5.74) is 0. The van der Waals surface area contributed by atoms with Gasteiger partial charge < -0.3 is 20.3 Å². The first kappa shape index (κ1) is 63.1. The highest BCUT2D eigenvalue weighted by Gasteiger charge is 2.24. The quantitative estimate of drug-likeness (QED) is 0.0321. The SMILES string of the molecule is CCCCCCC/C=C/C=C/C=C/CCCCCCCC(=O)OC(CCCCCCCCCCCCC)CC(=O)NC(CO)C(O)CCCCCCCCCCCCCCCCCCC. The van der Waals surface area contributed by atoms with E-state index in [0.29, 0.717) is 19.3 Å². The van der Waals surface area contributed by atoms with Gasteiger partial charge in [-0.05, 0) is 51.4 Å². The number of amides is 1. The largest absolute Gasteiger partial charge is 0.462 e. The van der Waals surface area contributed by atoms with Gasteiger partial charge in [-0.3, -0.25) is 9.59 Å². The zero-order chi connectivity index (χ0) is 47.4. The van der Waals surface area contributed by atoms with Gasteiger partial charge in [-0.2, -0.15) is 0 Å². The smallest absolute Gasteiger partial charge is 0.306 e. The van der Waals surface area contributed by atoms with Gasteiger partial charge in [0.05, 0.1) is 25.2 Å². The molecule has 0 heterocycles. The van der Waals surface area contributed by atoms with Gasteiger partial charge >= 0.3 is 5.97 Å². The Kier molecular flexibility index (Phi) is 51.5. The molecule has 0 radical (unpaired) electrons. The van der Waals surface area contributed by atoms with E-state index in [1.807, 2.05) is 0 Å². The minimum atomic E-state index is -0.789. The van der Waals surface area contributed by atoms with Crippen LogP contribution in [0.1, 0.15) is 303 Å². The molecule has 0 aliphatic heterocycles. The lowest BCUT2D eigenvalue weighted by molar-refractivity contribution is -0.151. The Morgan fingerprint density at radius 1 is 0.446 bits per heavy atom. The average Bonchev–Trinajstić information content (AvgIpc) is 3.30. The van der Waals surface area contributed by atoms with Crippen LogP contribution < -0.4 is 5.32 Å². The molecule has 6 nitrogen and oxygen atoms in total. The van der Waals surface area contributed by atoms with Crippen molar-refractivity contribution in [2.45, 2.75) is 322 Å². The Morgan fingerprint density at radius 3 is 1.17 bits per heavy atom. The number of rotatable bonds is 52. The van der Waals surface area contributed by atoms with Gasteiger partial charge in [0.1, 0.15) is 6.10 Å². The summed E-state index contributed by atoms with van der Waals surface area (Å²) >= 11 is 0. The van der Waals surface area contributed by atoms with E-state index in [4.69, 9.17) is 4.74 Å². The number of hydrogen-bond donors (Lipinski definition) is 3. The molecule has 3 unspecified atom stereocenters. The fourth-order valence-corrected chi connectivity index (χ4v) is 8.90. The number of ether oxygens (including phenoxy) is 1. The number of nitrogens with one attached hydrogen (secondary N) is 1. The molecule has 0 rings (SSSR count). The third-order valence-corrected chi connectivity index (χ3v) is 13.3. The molecule has 0 aromatic heterocycles. The molecular weight excluding hydrogens is 803 g/mol. The molecule has 1 amide bonds. The van der Waals surface area contributed by atoms with Gasteiger partial charge in [-0.15, -0.1) is 0 Å². The van der Waals surface area contributed by atoms with Crippen molar-refractivity contribution < 1.29 is 24.5 Å². The number of hydrogen-bond acceptors (Lipinski definition) is 5. The minimum absolute atomic E-state index is 0.0734. The highest BCUT2D eigenvalue weighted by molar-refractivity contribution is 5.77. The van der Waals surface area contributed by atoms with Crippen molar-refractivity contribution >= 4 is 11.9 Å². The van der Waals surface area contributed by atoms with Crippen LogP contribution in [-0.4, -0.2) is 46.9 Å². The van der Waals surface area contributed by atoms with Crippen LogP contribution in [0, 0.1) is 0 Å². The highest BCUT2D eigenvalue weighted by Crippen LogP contribution is 2.19. The summed E-state index contributed by atoms with van der Waals surface area (Å²) in [5.74, 6) is -0.482. The van der Waals surface area contributed by atoms with E-state index < -0.39 is 18.2 Å². The zero-order valence-electron chi connectivity index (χ0n) is 43.6. The zero-order valence-corrected chi connectivity index (χ0v) is 43.6. The highest BCUT2D eigenvalue weighted by atomic mass is 16.5. The molecule has 0 saturated heterocycles. The van der Waals surface area contributed by atoms with E-state index in [0.717, 1.165) is 64.2 Å². The van der Waals surface area contributed by atoms with E-state index in [-0.39, 0.29) is 24.9 Å². The fourth-order valence-electron chi connectivity index (χ4n) is 8.90. The lowest BCUT2D eigenvalue weighted by Gasteiger charge is -2.24. The lowest BCUT2D eigenvalue weighted by atomic mass is 10.0. The molecule has 6 heteroatoms. The first-order valence-electron chi connectivity index (χ1n) is 28.7. The van der Waals surface area contributed by atoms with Crippen molar-refractivity contribution in [3.63, 3.8) is 0 Å². The molecule has 0 bridgehead atoms. The summed E-state index contributed by atoms with van der Waals surface area (Å²) in [6.07, 6.45) is 63.5. The molecule has 0 aliphatic rings. The fraction of sp³-hybridized carbons (Fsp3) is 0.864. The van der Waals surface area contributed by atoms with Gasteiger partial charge in [0.15, 0.2) is 0 Å². The number of carbonyl (C=O) groups excluding carboxylic acids is 2. The molecule has 0 aliphatic carbocycles. The van der Waals surface area contributed by atoms with Crippen molar-refractivity contribution in [3.05, 3.63) is 36.5 Å². The molecule has 0 spiro atoms. The molecule has 0 aromatic rings. The van der Waals surface area contributed by atoms with Crippen LogP contribution in [-0.2, 0) is 14.3 Å². The van der Waals surface area contributed by atoms with Crippen LogP contribution in [0.5, 0.6) is 0 Å². The lowest BCUT2D eigenvalue weighted by Crippen LogP contribution is -2.46. The van der Waals surface area contributed by atoms with Gasteiger partial charge in [0.25, 0.3) is 0 Å². The van der Waals surface area contributed by atoms with E-state index in [2.05, 4.69) is 62.5 Å². The van der Waals surface area contributed by atoms with Crippen molar-refractivity contribution in [1.29, 1.82) is 0 Å². The Labute approximate surface area is 404 Å². The van der Waals surface area contributed by atoms with E-state index in [9.17, 15) is 19.8 Å². The van der Waals surface area contributed by atoms with Crippen molar-refractivity contribution in [3.8, 4) is 0 Å². The third kappa shape index (κ3) is 48.3. The third-order valence-electron chi connectivity index (χ3n) is 13.3. The summed E-state index contributed by atoms with van der Waals surface area (Å²) in [4.78, 5) is 26.2. The van der Waals surface area contributed by atoms with Crippen LogP contribution in [0.3, 0.4) is 0 Å². The van der Waals surface area contributed by atoms with Gasteiger partial charge in [0, 0.05) is 6.42 Å². The number of carbonyl (C=O) groups is 2.